The van der Waals surface area contributed by atoms with Crippen molar-refractivity contribution in [3.63, 3.8) is 0 Å². The predicted molar refractivity (Wildman–Crippen MR) is 264 cm³/mol. The average molecular weight is 964 g/mol. The van der Waals surface area contributed by atoms with Crippen LogP contribution in [0.1, 0.15) is 94.6 Å². The smallest absolute Gasteiger partial charge is 0.409 e. The molecular weight excluding hydrogens is 875 g/mol. The van der Waals surface area contributed by atoms with Crippen molar-refractivity contribution in [2.24, 2.45) is 0 Å². The molecule has 0 aromatic heterocycles. The summed E-state index contributed by atoms with van der Waals surface area (Å²) in [4.78, 5) is 14.2. The van der Waals surface area contributed by atoms with Crippen LogP contribution in [0.2, 0.25) is 0 Å². The summed E-state index contributed by atoms with van der Waals surface area (Å²) < 4.78 is 72.5. The summed E-state index contributed by atoms with van der Waals surface area (Å²) in [6, 6.07) is 16.6. The van der Waals surface area contributed by atoms with E-state index in [2.05, 4.69) is 31.2 Å². The van der Waals surface area contributed by atoms with Crippen LogP contribution >= 0.6 is 0 Å². The molecule has 0 saturated carbocycles. The van der Waals surface area contributed by atoms with E-state index in [0.717, 1.165) is 13.0 Å². The maximum absolute atomic E-state index is 12.6. The number of amides is 1. The minimum absolute atomic E-state index is 0.0368. The van der Waals surface area contributed by atoms with Gasteiger partial charge >= 0.3 is 6.09 Å². The van der Waals surface area contributed by atoms with Crippen molar-refractivity contribution in [2.45, 2.75) is 83.5 Å². The van der Waals surface area contributed by atoms with Gasteiger partial charge in [-0.25, -0.2) is 4.79 Å². The Kier molecular flexibility index (Phi) is 38.7. The van der Waals surface area contributed by atoms with E-state index in [1.54, 1.807) is 7.05 Å². The summed E-state index contributed by atoms with van der Waals surface area (Å²) >= 11 is 0. The van der Waals surface area contributed by atoms with Gasteiger partial charge in [0.15, 0.2) is 0 Å². The van der Waals surface area contributed by atoms with Crippen molar-refractivity contribution >= 4 is 6.09 Å². The lowest BCUT2D eigenvalue weighted by molar-refractivity contribution is -0.0284. The topological polar surface area (TPSA) is 140 Å². The van der Waals surface area contributed by atoms with Crippen LogP contribution in [0.25, 0.3) is 11.1 Å². The summed E-state index contributed by atoms with van der Waals surface area (Å²) in [6.07, 6.45) is 14.5. The second-order valence-electron chi connectivity index (χ2n) is 16.6. The Labute approximate surface area is 409 Å². The molecule has 1 aliphatic carbocycles. The number of likely N-dealkylation sites (N-methyl/N-ethyl adjacent to an activating group) is 1. The van der Waals surface area contributed by atoms with E-state index in [0.29, 0.717) is 165 Å². The fraction of sp³-hybridized carbons (Fsp3) is 0.755. The number of ether oxygens (including phenoxy) is 13. The standard InChI is InChI=1S/C53H89NO14/c1-3-4-5-6-7-8-9-10-11-12-17-23-56-25-27-58-29-31-60-33-35-62-37-39-64-41-43-66-45-46-67-44-42-65-40-38-63-36-34-61-32-30-59-28-26-57-24-22-54(2)53(55)68-47-52-50-20-15-13-18-48(50)49-19-14-16-21-51(49)52/h13-16,18-21,52H,3-12,17,22-47H2,1-2H3. The lowest BCUT2D eigenvalue weighted by Gasteiger charge is -2.19. The highest BCUT2D eigenvalue weighted by Gasteiger charge is 2.29. The maximum atomic E-state index is 12.6. The largest absolute Gasteiger partial charge is 0.448 e. The monoisotopic (exact) mass is 964 g/mol. The van der Waals surface area contributed by atoms with Crippen LogP contribution < -0.4 is 0 Å². The van der Waals surface area contributed by atoms with Crippen molar-refractivity contribution in [1.82, 2.24) is 4.90 Å². The zero-order chi connectivity index (χ0) is 48.1. The first-order chi connectivity index (χ1) is 33.7. The molecule has 1 aliphatic rings. The molecule has 0 radical (unpaired) electrons. The first kappa shape index (κ1) is 59.5. The maximum Gasteiger partial charge on any atom is 0.409 e. The molecule has 1 amide bonds. The van der Waals surface area contributed by atoms with Crippen LogP contribution in [0, 0.1) is 0 Å². The highest BCUT2D eigenvalue weighted by Crippen LogP contribution is 2.44. The minimum atomic E-state index is -0.364. The number of hydrogen-bond donors (Lipinski definition) is 0. The Morgan fingerprint density at radius 2 is 0.662 bits per heavy atom. The molecule has 2 aromatic carbocycles. The Morgan fingerprint density at radius 1 is 0.382 bits per heavy atom. The number of hydrogen-bond acceptors (Lipinski definition) is 14. The zero-order valence-corrected chi connectivity index (χ0v) is 42.0. The van der Waals surface area contributed by atoms with Gasteiger partial charge in [0.1, 0.15) is 6.61 Å². The summed E-state index contributed by atoms with van der Waals surface area (Å²) in [5.41, 5.74) is 4.80. The van der Waals surface area contributed by atoms with Crippen molar-refractivity contribution < 1.29 is 66.4 Å². The quantitative estimate of drug-likeness (QED) is 0.0587. The van der Waals surface area contributed by atoms with E-state index in [4.69, 9.17) is 61.6 Å². The molecule has 0 saturated heterocycles. The third-order valence-electron chi connectivity index (χ3n) is 11.2. The molecule has 2 aromatic rings. The Morgan fingerprint density at radius 3 is 1.00 bits per heavy atom. The number of nitrogens with zero attached hydrogens (tertiary/aromatic N) is 1. The summed E-state index contributed by atoms with van der Waals surface area (Å²) in [6.45, 7) is 15.4. The first-order valence-corrected chi connectivity index (χ1v) is 25.7. The van der Waals surface area contributed by atoms with Gasteiger partial charge in [-0.05, 0) is 28.7 Å². The van der Waals surface area contributed by atoms with E-state index in [9.17, 15) is 4.79 Å². The molecule has 0 fully saturated rings. The first-order valence-electron chi connectivity index (χ1n) is 25.7. The molecule has 0 atom stereocenters. The van der Waals surface area contributed by atoms with Gasteiger partial charge in [0.05, 0.1) is 152 Å². The fourth-order valence-electron chi connectivity index (χ4n) is 7.39. The van der Waals surface area contributed by atoms with Gasteiger partial charge < -0.3 is 66.5 Å². The SMILES string of the molecule is CCCCCCCCCCCCCOCCOCCOCCOCCOCCOCCOCCOCCOCCOCCOCCOCCN(C)C(=O)OCC1c2ccccc2-c2ccccc21. The molecule has 3 rings (SSSR count). The van der Waals surface area contributed by atoms with E-state index >= 15 is 0 Å². The predicted octanol–water partition coefficient (Wildman–Crippen LogP) is 8.38. The molecular formula is C53H89NO14. The van der Waals surface area contributed by atoms with Gasteiger partial charge in [0, 0.05) is 26.1 Å². The minimum Gasteiger partial charge on any atom is -0.448 e. The van der Waals surface area contributed by atoms with Gasteiger partial charge in [-0.2, -0.15) is 0 Å². The number of unbranched alkanes of at least 4 members (excludes halogenated alkanes) is 10. The number of fused-ring (bicyclic) bond motifs is 3. The van der Waals surface area contributed by atoms with Crippen LogP contribution in [-0.4, -0.2) is 190 Å². The Hall–Kier alpha value is -2.77. The molecule has 0 aliphatic heterocycles. The Balaban J connectivity index is 0.908. The van der Waals surface area contributed by atoms with Crippen LogP contribution in [0.15, 0.2) is 48.5 Å². The molecule has 0 heterocycles. The lowest BCUT2D eigenvalue weighted by Crippen LogP contribution is -2.32. The van der Waals surface area contributed by atoms with Gasteiger partial charge in [0.25, 0.3) is 0 Å². The van der Waals surface area contributed by atoms with Crippen molar-refractivity contribution in [2.75, 3.05) is 179 Å². The van der Waals surface area contributed by atoms with Crippen LogP contribution in [0.4, 0.5) is 4.79 Å². The van der Waals surface area contributed by atoms with Crippen LogP contribution in [-0.2, 0) is 61.6 Å². The normalized spacial score (nSPS) is 12.2. The zero-order valence-electron chi connectivity index (χ0n) is 42.0. The van der Waals surface area contributed by atoms with E-state index in [1.807, 2.05) is 24.3 Å². The highest BCUT2D eigenvalue weighted by molar-refractivity contribution is 5.79. The van der Waals surface area contributed by atoms with Crippen molar-refractivity contribution in [3.05, 3.63) is 59.7 Å². The summed E-state index contributed by atoms with van der Waals surface area (Å²) in [5, 5.41) is 0. The molecule has 15 heteroatoms. The molecule has 0 spiro atoms. The molecule has 0 bridgehead atoms. The number of benzene rings is 2. The van der Waals surface area contributed by atoms with Gasteiger partial charge in [-0.3, -0.25) is 0 Å². The third kappa shape index (κ3) is 30.8. The van der Waals surface area contributed by atoms with Crippen molar-refractivity contribution in [1.29, 1.82) is 0 Å². The average Bonchev–Trinajstić information content (AvgIpc) is 3.68. The third-order valence-corrected chi connectivity index (χ3v) is 11.2. The Bertz CT molecular complexity index is 1390. The molecule has 0 N–H and O–H groups in total. The van der Waals surface area contributed by atoms with Gasteiger partial charge in [-0.1, -0.05) is 120 Å². The second-order valence-corrected chi connectivity index (χ2v) is 16.6. The number of carbonyl (C=O) groups excluding carboxylic acids is 1. The molecule has 68 heavy (non-hydrogen) atoms. The van der Waals surface area contributed by atoms with Crippen molar-refractivity contribution in [3.8, 4) is 11.1 Å². The molecule has 0 unspecified atom stereocenters. The van der Waals surface area contributed by atoms with Gasteiger partial charge in [0.2, 0.25) is 0 Å². The lowest BCUT2D eigenvalue weighted by atomic mass is 9.98. The number of carbonyl (C=O) groups is 1. The van der Waals surface area contributed by atoms with Crippen LogP contribution in [0.5, 0.6) is 0 Å². The highest BCUT2D eigenvalue weighted by atomic mass is 16.6. The van der Waals surface area contributed by atoms with Gasteiger partial charge in [-0.15, -0.1) is 0 Å². The fourth-order valence-corrected chi connectivity index (χ4v) is 7.39. The summed E-state index contributed by atoms with van der Waals surface area (Å²) in [7, 11) is 1.72. The molecule has 390 valence electrons. The second kappa shape index (κ2) is 44.2. The van der Waals surface area contributed by atoms with Crippen LogP contribution in [0.3, 0.4) is 0 Å². The van der Waals surface area contributed by atoms with E-state index < -0.39 is 0 Å². The number of rotatable bonds is 50. The summed E-state index contributed by atoms with van der Waals surface area (Å²) in [5.74, 6) is 0.0368. The molecule has 15 nitrogen and oxygen atoms in total. The van der Waals surface area contributed by atoms with E-state index in [-0.39, 0.29) is 12.0 Å². The van der Waals surface area contributed by atoms with E-state index in [1.165, 1.54) is 91.4 Å².